The molecule has 0 atom stereocenters. The van der Waals surface area contributed by atoms with Crippen LogP contribution in [-0.2, 0) is 16.6 Å². The van der Waals surface area contributed by atoms with Gasteiger partial charge in [0.25, 0.3) is 5.91 Å². The van der Waals surface area contributed by atoms with Crippen molar-refractivity contribution in [2.45, 2.75) is 18.4 Å². The van der Waals surface area contributed by atoms with Crippen molar-refractivity contribution < 1.29 is 22.4 Å². The second-order valence-electron chi connectivity index (χ2n) is 4.73. The fourth-order valence-corrected chi connectivity index (χ4v) is 2.97. The molecule has 1 aromatic carbocycles. The van der Waals surface area contributed by atoms with E-state index in [1.54, 1.807) is 13.2 Å². The van der Waals surface area contributed by atoms with Gasteiger partial charge in [0.1, 0.15) is 16.4 Å². The van der Waals surface area contributed by atoms with Crippen molar-refractivity contribution in [3.63, 3.8) is 0 Å². The average molecular weight is 338 g/mol. The summed E-state index contributed by atoms with van der Waals surface area (Å²) in [5, 5.41) is 2.67. The molecule has 0 fully saturated rings. The third-order valence-corrected chi connectivity index (χ3v) is 4.81. The minimum Gasteiger partial charge on any atom is -0.496 e. The van der Waals surface area contributed by atoms with Gasteiger partial charge in [-0.1, -0.05) is 18.2 Å². The third-order valence-electron chi connectivity index (χ3n) is 3.29. The Balaban J connectivity index is 2.15. The van der Waals surface area contributed by atoms with Crippen LogP contribution in [0.25, 0.3) is 0 Å². The number of ether oxygens (including phenoxy) is 1. The van der Waals surface area contributed by atoms with Crippen molar-refractivity contribution in [1.29, 1.82) is 0 Å². The summed E-state index contributed by atoms with van der Waals surface area (Å²) in [6.07, 6.45) is 0. The quantitative estimate of drug-likeness (QED) is 0.830. The summed E-state index contributed by atoms with van der Waals surface area (Å²) in [5.41, 5.74) is 0.801. The van der Waals surface area contributed by atoms with Crippen molar-refractivity contribution in [2.24, 2.45) is 0 Å². The van der Waals surface area contributed by atoms with Gasteiger partial charge in [-0.25, -0.2) is 13.1 Å². The molecule has 0 bridgehead atoms. The zero-order valence-corrected chi connectivity index (χ0v) is 13.9. The molecule has 0 aliphatic rings. The number of methoxy groups -OCH3 is 1. The molecule has 0 aliphatic heterocycles. The van der Waals surface area contributed by atoms with Crippen LogP contribution < -0.4 is 14.8 Å². The number of hydrogen-bond acceptors (Lipinski definition) is 5. The second-order valence-corrected chi connectivity index (χ2v) is 6.59. The number of carbonyl (C=O) groups excluding carboxylic acids is 1. The van der Waals surface area contributed by atoms with Gasteiger partial charge in [-0.3, -0.25) is 4.79 Å². The van der Waals surface area contributed by atoms with E-state index in [0.717, 1.165) is 5.56 Å². The minimum absolute atomic E-state index is 0.0533. The Bertz CT molecular complexity index is 811. The predicted molar refractivity (Wildman–Crippen MR) is 83.9 cm³/mol. The monoisotopic (exact) mass is 338 g/mol. The summed E-state index contributed by atoms with van der Waals surface area (Å²) >= 11 is 0. The highest BCUT2D eigenvalue weighted by Gasteiger charge is 2.22. The number of para-hydroxylation sites is 1. The van der Waals surface area contributed by atoms with E-state index < -0.39 is 15.9 Å². The maximum atomic E-state index is 12.1. The summed E-state index contributed by atoms with van der Waals surface area (Å²) in [4.78, 5) is 12.1. The zero-order valence-electron chi connectivity index (χ0n) is 13.0. The lowest BCUT2D eigenvalue weighted by molar-refractivity contribution is 0.0921. The number of rotatable bonds is 6. The van der Waals surface area contributed by atoms with Gasteiger partial charge < -0.3 is 14.5 Å². The first kappa shape index (κ1) is 17.0. The van der Waals surface area contributed by atoms with Crippen LogP contribution in [-0.4, -0.2) is 28.5 Å². The Morgan fingerprint density at radius 1 is 1.30 bits per heavy atom. The fourth-order valence-electron chi connectivity index (χ4n) is 2.07. The molecule has 7 nitrogen and oxygen atoms in total. The lowest BCUT2D eigenvalue weighted by atomic mass is 10.2. The van der Waals surface area contributed by atoms with Crippen LogP contribution in [0.5, 0.6) is 5.75 Å². The summed E-state index contributed by atoms with van der Waals surface area (Å²) in [6, 6.07) is 8.48. The first-order valence-electron chi connectivity index (χ1n) is 6.83. The summed E-state index contributed by atoms with van der Waals surface area (Å²) in [7, 11) is -0.821. The normalized spacial score (nSPS) is 11.3. The molecule has 0 saturated heterocycles. The van der Waals surface area contributed by atoms with Crippen molar-refractivity contribution in [1.82, 2.24) is 10.0 Å². The Kier molecular flexibility index (Phi) is 5.07. The average Bonchev–Trinajstić information content (AvgIpc) is 2.95. The predicted octanol–water partition coefficient (Wildman–Crippen LogP) is 1.43. The number of sulfonamides is 1. The first-order chi connectivity index (χ1) is 10.9. The molecule has 0 saturated carbocycles. The number of aryl methyl sites for hydroxylation is 1. The first-order valence-corrected chi connectivity index (χ1v) is 8.31. The van der Waals surface area contributed by atoms with Gasteiger partial charge in [0.2, 0.25) is 10.0 Å². The van der Waals surface area contributed by atoms with Crippen LogP contribution in [0.4, 0.5) is 0 Å². The van der Waals surface area contributed by atoms with E-state index >= 15 is 0 Å². The molecule has 2 rings (SSSR count). The molecule has 2 N–H and O–H groups in total. The van der Waals surface area contributed by atoms with Crippen molar-refractivity contribution in [3.05, 3.63) is 47.4 Å². The zero-order chi connectivity index (χ0) is 17.0. The molecular formula is C15H18N2O5S. The van der Waals surface area contributed by atoms with Crippen LogP contribution in [0.1, 0.15) is 21.9 Å². The smallest absolute Gasteiger partial charge is 0.287 e. The molecule has 0 radical (unpaired) electrons. The molecule has 8 heteroatoms. The number of furan rings is 1. The maximum Gasteiger partial charge on any atom is 0.287 e. The molecule has 1 heterocycles. The highest BCUT2D eigenvalue weighted by Crippen LogP contribution is 2.20. The van der Waals surface area contributed by atoms with E-state index in [0.29, 0.717) is 5.75 Å². The van der Waals surface area contributed by atoms with Crippen LogP contribution in [0.3, 0.4) is 0 Å². The Labute approximate surface area is 134 Å². The van der Waals surface area contributed by atoms with E-state index in [2.05, 4.69) is 10.0 Å². The van der Waals surface area contributed by atoms with Crippen LogP contribution in [0.15, 0.2) is 39.6 Å². The number of hydrogen-bond donors (Lipinski definition) is 2. The lowest BCUT2D eigenvalue weighted by Gasteiger charge is -2.08. The van der Waals surface area contributed by atoms with Gasteiger partial charge in [-0.2, -0.15) is 0 Å². The number of benzene rings is 1. The van der Waals surface area contributed by atoms with Crippen molar-refractivity contribution in [3.8, 4) is 5.75 Å². The highest BCUT2D eigenvalue weighted by molar-refractivity contribution is 7.89. The van der Waals surface area contributed by atoms with Crippen LogP contribution in [0, 0.1) is 6.92 Å². The molecule has 23 heavy (non-hydrogen) atoms. The number of nitrogens with one attached hydrogen (secondary N) is 2. The summed E-state index contributed by atoms with van der Waals surface area (Å²) in [5.74, 6) is 0.242. The number of amides is 1. The Morgan fingerprint density at radius 2 is 2.00 bits per heavy atom. The van der Waals surface area contributed by atoms with Gasteiger partial charge in [-0.05, 0) is 20.0 Å². The molecule has 124 valence electrons. The van der Waals surface area contributed by atoms with Crippen molar-refractivity contribution in [2.75, 3.05) is 14.2 Å². The van der Waals surface area contributed by atoms with Gasteiger partial charge in [-0.15, -0.1) is 0 Å². The number of carbonyl (C=O) groups is 1. The van der Waals surface area contributed by atoms with E-state index in [1.807, 2.05) is 18.2 Å². The summed E-state index contributed by atoms with van der Waals surface area (Å²) < 4.78 is 36.2. The molecule has 1 aromatic heterocycles. The molecule has 0 aliphatic carbocycles. The molecular weight excluding hydrogens is 320 g/mol. The van der Waals surface area contributed by atoms with Crippen molar-refractivity contribution >= 4 is 15.9 Å². The van der Waals surface area contributed by atoms with E-state index in [1.165, 1.54) is 20.0 Å². The van der Waals surface area contributed by atoms with Gasteiger partial charge in [0.15, 0.2) is 5.76 Å². The molecule has 1 amide bonds. The van der Waals surface area contributed by atoms with Crippen LogP contribution in [0.2, 0.25) is 0 Å². The fraction of sp³-hybridized carbons (Fsp3) is 0.267. The van der Waals surface area contributed by atoms with Gasteiger partial charge in [0.05, 0.1) is 7.11 Å². The Morgan fingerprint density at radius 3 is 2.65 bits per heavy atom. The standard InChI is InChI=1S/C15H18N2O5S/c1-10-14(23(19,20)16-2)8-13(22-10)15(18)17-9-11-6-4-5-7-12(11)21-3/h4-8,16H,9H2,1-3H3,(H,17,18). The lowest BCUT2D eigenvalue weighted by Crippen LogP contribution is -2.22. The van der Waals surface area contributed by atoms with Gasteiger partial charge >= 0.3 is 0 Å². The van der Waals surface area contributed by atoms with Gasteiger partial charge in [0, 0.05) is 18.2 Å². The highest BCUT2D eigenvalue weighted by atomic mass is 32.2. The van der Waals surface area contributed by atoms with Crippen LogP contribution >= 0.6 is 0 Å². The van der Waals surface area contributed by atoms with E-state index in [-0.39, 0.29) is 23.0 Å². The SMILES string of the molecule is CNS(=O)(=O)c1cc(C(=O)NCc2ccccc2OC)oc1C. The molecule has 0 spiro atoms. The maximum absolute atomic E-state index is 12.1. The second kappa shape index (κ2) is 6.84. The molecule has 2 aromatic rings. The molecule has 0 unspecified atom stereocenters. The summed E-state index contributed by atoms with van der Waals surface area (Å²) in [6.45, 7) is 1.72. The topological polar surface area (TPSA) is 97.6 Å². The van der Waals surface area contributed by atoms with E-state index in [4.69, 9.17) is 9.15 Å². The third kappa shape index (κ3) is 3.72. The largest absolute Gasteiger partial charge is 0.496 e. The minimum atomic E-state index is -3.66. The van der Waals surface area contributed by atoms with E-state index in [9.17, 15) is 13.2 Å². The Hall–Kier alpha value is -2.32.